The van der Waals surface area contributed by atoms with Gasteiger partial charge in [0.25, 0.3) is 5.91 Å². The van der Waals surface area contributed by atoms with Gasteiger partial charge in [-0.1, -0.05) is 6.92 Å². The highest BCUT2D eigenvalue weighted by molar-refractivity contribution is 7.89. The van der Waals surface area contributed by atoms with Crippen molar-refractivity contribution >= 4 is 21.7 Å². The van der Waals surface area contributed by atoms with Gasteiger partial charge in [0.05, 0.1) is 11.1 Å². The molecule has 1 aromatic carbocycles. The average molecular weight is 348 g/mol. The molecule has 2 aromatic rings. The number of amides is 1. The molecule has 0 radical (unpaired) electrons. The standard InChI is InChI=1S/C16H20N4O3S/c1-12-7-10-20(11-8-12)24(22,23)14-4-2-13(3-5-14)16(21)18-15-6-9-17-19-15/h2-6,9,12H,7-8,10-11H2,1H3,(H2,17,18,19,21). The van der Waals surface area contributed by atoms with Crippen LogP contribution in [0.15, 0.2) is 41.4 Å². The first-order valence-corrected chi connectivity index (χ1v) is 9.32. The van der Waals surface area contributed by atoms with Gasteiger partial charge in [-0.05, 0) is 43.0 Å². The van der Waals surface area contributed by atoms with Gasteiger partial charge in [0.2, 0.25) is 10.0 Å². The van der Waals surface area contributed by atoms with Gasteiger partial charge in [-0.2, -0.15) is 9.40 Å². The Labute approximate surface area is 141 Å². The van der Waals surface area contributed by atoms with Crippen LogP contribution < -0.4 is 5.32 Å². The first kappa shape index (κ1) is 16.7. The molecule has 0 unspecified atom stereocenters. The minimum atomic E-state index is -3.49. The lowest BCUT2D eigenvalue weighted by molar-refractivity contribution is 0.102. The van der Waals surface area contributed by atoms with E-state index in [4.69, 9.17) is 0 Å². The summed E-state index contributed by atoms with van der Waals surface area (Å²) in [6, 6.07) is 7.63. The summed E-state index contributed by atoms with van der Waals surface area (Å²) in [5.41, 5.74) is 0.385. The van der Waals surface area contributed by atoms with Crippen LogP contribution in [0, 0.1) is 5.92 Å². The molecular weight excluding hydrogens is 328 g/mol. The first-order chi connectivity index (χ1) is 11.5. The predicted molar refractivity (Wildman–Crippen MR) is 90.1 cm³/mol. The maximum Gasteiger partial charge on any atom is 0.256 e. The summed E-state index contributed by atoms with van der Waals surface area (Å²) in [5, 5.41) is 9.03. The van der Waals surface area contributed by atoms with E-state index < -0.39 is 10.0 Å². The average Bonchev–Trinajstić information content (AvgIpc) is 3.08. The zero-order chi connectivity index (χ0) is 17.2. The third kappa shape index (κ3) is 3.49. The van der Waals surface area contributed by atoms with E-state index in [1.807, 2.05) is 0 Å². The van der Waals surface area contributed by atoms with Gasteiger partial charge < -0.3 is 5.32 Å². The fourth-order valence-electron chi connectivity index (χ4n) is 2.67. The molecule has 24 heavy (non-hydrogen) atoms. The highest BCUT2D eigenvalue weighted by Gasteiger charge is 2.28. The molecule has 0 aliphatic carbocycles. The number of hydrogen-bond acceptors (Lipinski definition) is 4. The van der Waals surface area contributed by atoms with Crippen LogP contribution in [0.5, 0.6) is 0 Å². The maximum absolute atomic E-state index is 12.6. The van der Waals surface area contributed by atoms with Crippen molar-refractivity contribution in [2.24, 2.45) is 5.92 Å². The normalized spacial score (nSPS) is 16.9. The van der Waals surface area contributed by atoms with Gasteiger partial charge in [-0.3, -0.25) is 9.89 Å². The number of H-pyrrole nitrogens is 1. The van der Waals surface area contributed by atoms with Gasteiger partial charge in [0, 0.05) is 24.7 Å². The number of sulfonamides is 1. The van der Waals surface area contributed by atoms with E-state index in [1.54, 1.807) is 6.07 Å². The Morgan fingerprint density at radius 2 is 1.88 bits per heavy atom. The highest BCUT2D eigenvalue weighted by Crippen LogP contribution is 2.23. The number of hydrogen-bond donors (Lipinski definition) is 2. The van der Waals surface area contributed by atoms with E-state index in [-0.39, 0.29) is 10.8 Å². The van der Waals surface area contributed by atoms with Gasteiger partial charge in [-0.25, -0.2) is 8.42 Å². The second kappa shape index (κ2) is 6.74. The number of piperidine rings is 1. The van der Waals surface area contributed by atoms with E-state index in [9.17, 15) is 13.2 Å². The maximum atomic E-state index is 12.6. The van der Waals surface area contributed by atoms with Crippen molar-refractivity contribution in [2.45, 2.75) is 24.7 Å². The van der Waals surface area contributed by atoms with Crippen molar-refractivity contribution in [3.63, 3.8) is 0 Å². The third-order valence-corrected chi connectivity index (χ3v) is 6.16. The van der Waals surface area contributed by atoms with Crippen molar-refractivity contribution in [1.29, 1.82) is 0 Å². The molecule has 3 rings (SSSR count). The number of anilines is 1. The number of rotatable bonds is 4. The SMILES string of the molecule is CC1CCN(S(=O)(=O)c2ccc(C(=O)Nc3ccn[nH]3)cc2)CC1. The number of aromatic amines is 1. The van der Waals surface area contributed by atoms with Crippen molar-refractivity contribution in [3.8, 4) is 0 Å². The lowest BCUT2D eigenvalue weighted by Gasteiger charge is -2.29. The molecule has 1 aliphatic rings. The topological polar surface area (TPSA) is 95.2 Å². The quantitative estimate of drug-likeness (QED) is 0.884. The highest BCUT2D eigenvalue weighted by atomic mass is 32.2. The molecule has 1 aromatic heterocycles. The summed E-state index contributed by atoms with van der Waals surface area (Å²) >= 11 is 0. The Morgan fingerprint density at radius 3 is 2.46 bits per heavy atom. The van der Waals surface area contributed by atoms with Crippen LogP contribution in [0.25, 0.3) is 0 Å². The fraction of sp³-hybridized carbons (Fsp3) is 0.375. The largest absolute Gasteiger partial charge is 0.307 e. The van der Waals surface area contributed by atoms with Crippen LogP contribution in [0.4, 0.5) is 5.82 Å². The summed E-state index contributed by atoms with van der Waals surface area (Å²) in [7, 11) is -3.49. The van der Waals surface area contributed by atoms with Crippen LogP contribution in [-0.4, -0.2) is 41.9 Å². The Bertz CT molecular complexity index is 792. The van der Waals surface area contributed by atoms with E-state index >= 15 is 0 Å². The number of benzene rings is 1. The van der Waals surface area contributed by atoms with Gasteiger partial charge >= 0.3 is 0 Å². The number of nitrogens with zero attached hydrogens (tertiary/aromatic N) is 2. The van der Waals surface area contributed by atoms with Crippen LogP contribution in [-0.2, 0) is 10.0 Å². The monoisotopic (exact) mass is 348 g/mol. The molecule has 2 N–H and O–H groups in total. The van der Waals surface area contributed by atoms with Crippen molar-refractivity contribution in [2.75, 3.05) is 18.4 Å². The zero-order valence-corrected chi connectivity index (χ0v) is 14.2. The molecule has 1 amide bonds. The lowest BCUT2D eigenvalue weighted by Crippen LogP contribution is -2.37. The molecule has 0 spiro atoms. The number of carbonyl (C=O) groups excluding carboxylic acids is 1. The molecular formula is C16H20N4O3S. The summed E-state index contributed by atoms with van der Waals surface area (Å²) in [6.45, 7) is 3.23. The molecule has 2 heterocycles. The molecule has 8 heteroatoms. The number of carbonyl (C=O) groups is 1. The van der Waals surface area contributed by atoms with Gasteiger partial charge in [0.1, 0.15) is 5.82 Å². The molecule has 0 saturated carbocycles. The van der Waals surface area contributed by atoms with Crippen molar-refractivity contribution < 1.29 is 13.2 Å². The summed E-state index contributed by atoms with van der Waals surface area (Å²) in [6.07, 6.45) is 3.29. The second-order valence-corrected chi connectivity index (χ2v) is 7.97. The lowest BCUT2D eigenvalue weighted by atomic mass is 10.0. The van der Waals surface area contributed by atoms with Crippen LogP contribution in [0.1, 0.15) is 30.1 Å². The van der Waals surface area contributed by atoms with E-state index in [2.05, 4.69) is 22.4 Å². The van der Waals surface area contributed by atoms with E-state index in [0.29, 0.717) is 30.4 Å². The Hall–Kier alpha value is -2.19. The number of nitrogens with one attached hydrogen (secondary N) is 2. The number of aromatic nitrogens is 2. The summed E-state index contributed by atoms with van der Waals surface area (Å²) < 4.78 is 26.8. The zero-order valence-electron chi connectivity index (χ0n) is 13.4. The van der Waals surface area contributed by atoms with E-state index in [1.165, 1.54) is 34.8 Å². The predicted octanol–water partition coefficient (Wildman–Crippen LogP) is 2.08. The molecule has 1 saturated heterocycles. The van der Waals surface area contributed by atoms with E-state index in [0.717, 1.165) is 12.8 Å². The molecule has 0 atom stereocenters. The minimum absolute atomic E-state index is 0.218. The Balaban J connectivity index is 1.72. The van der Waals surface area contributed by atoms with Crippen LogP contribution >= 0.6 is 0 Å². The molecule has 1 aliphatic heterocycles. The summed E-state index contributed by atoms with van der Waals surface area (Å²) in [4.78, 5) is 12.3. The van der Waals surface area contributed by atoms with Crippen LogP contribution in [0.2, 0.25) is 0 Å². The molecule has 0 bridgehead atoms. The molecule has 1 fully saturated rings. The van der Waals surface area contributed by atoms with Gasteiger partial charge in [0.15, 0.2) is 0 Å². The van der Waals surface area contributed by atoms with Crippen molar-refractivity contribution in [1.82, 2.24) is 14.5 Å². The Kier molecular flexibility index (Phi) is 4.68. The Morgan fingerprint density at radius 1 is 1.21 bits per heavy atom. The van der Waals surface area contributed by atoms with Crippen LogP contribution in [0.3, 0.4) is 0 Å². The molecule has 128 valence electrons. The van der Waals surface area contributed by atoms with Crippen molar-refractivity contribution in [3.05, 3.63) is 42.1 Å². The van der Waals surface area contributed by atoms with Gasteiger partial charge in [-0.15, -0.1) is 0 Å². The smallest absolute Gasteiger partial charge is 0.256 e. The molecule has 7 nitrogen and oxygen atoms in total. The fourth-order valence-corrected chi connectivity index (χ4v) is 4.14. The minimum Gasteiger partial charge on any atom is -0.307 e. The third-order valence-electron chi connectivity index (χ3n) is 4.25. The first-order valence-electron chi connectivity index (χ1n) is 7.88. The summed E-state index contributed by atoms with van der Waals surface area (Å²) in [5.74, 6) is 0.721. The second-order valence-electron chi connectivity index (χ2n) is 6.04.